The summed E-state index contributed by atoms with van der Waals surface area (Å²) in [4.78, 5) is 12.3. The van der Waals surface area contributed by atoms with E-state index in [9.17, 15) is 0 Å². The van der Waals surface area contributed by atoms with Crippen molar-refractivity contribution in [2.24, 2.45) is 14.1 Å². The Morgan fingerprint density at radius 3 is 1.33 bits per heavy atom. The molecular weight excluding hydrogens is 516 g/mol. The fraction of sp³-hybridized carbons (Fsp3) is 0.333. The van der Waals surface area contributed by atoms with Gasteiger partial charge in [0.1, 0.15) is 0 Å². The lowest BCUT2D eigenvalue weighted by molar-refractivity contribution is 0.882. The van der Waals surface area contributed by atoms with Gasteiger partial charge in [-0.25, -0.2) is 0 Å². The summed E-state index contributed by atoms with van der Waals surface area (Å²) in [6, 6.07) is 14.5. The predicted molar refractivity (Wildman–Crippen MR) is 181 cm³/mol. The highest BCUT2D eigenvalue weighted by atomic mass is 14.9. The number of nitrogens with one attached hydrogen (secondary N) is 4. The summed E-state index contributed by atoms with van der Waals surface area (Å²) in [6.07, 6.45) is 14.1. The second-order valence-corrected chi connectivity index (χ2v) is 10.9. The summed E-state index contributed by atoms with van der Waals surface area (Å²) in [5.74, 6) is 0. The predicted octanol–water partition coefficient (Wildman–Crippen LogP) is 9.19. The molecule has 0 aliphatic rings. The van der Waals surface area contributed by atoms with E-state index in [2.05, 4.69) is 116 Å². The van der Waals surface area contributed by atoms with Crippen LogP contribution in [0.1, 0.15) is 56.3 Å². The lowest BCUT2D eigenvalue weighted by Gasteiger charge is -1.89. The highest BCUT2D eigenvalue weighted by Crippen LogP contribution is 2.01. The summed E-state index contributed by atoms with van der Waals surface area (Å²) in [5.41, 5.74) is 12.9. The molecule has 0 fully saturated rings. The molecule has 0 aliphatic carbocycles. The molecule has 6 aromatic heterocycles. The lowest BCUT2D eigenvalue weighted by Crippen LogP contribution is -1.84. The third kappa shape index (κ3) is 15.5. The molecule has 0 saturated heterocycles. The van der Waals surface area contributed by atoms with E-state index in [1.165, 1.54) is 56.3 Å². The van der Waals surface area contributed by atoms with Gasteiger partial charge in [0.05, 0.1) is 0 Å². The van der Waals surface area contributed by atoms with Crippen LogP contribution in [0, 0.1) is 69.2 Å². The van der Waals surface area contributed by atoms with Gasteiger partial charge < -0.3 is 29.1 Å². The summed E-state index contributed by atoms with van der Waals surface area (Å²) in [7, 11) is 4.06. The molecule has 6 aromatic rings. The minimum absolute atomic E-state index is 1.23. The van der Waals surface area contributed by atoms with Crippen molar-refractivity contribution in [1.82, 2.24) is 29.1 Å². The largest absolute Gasteiger partial charge is 0.367 e. The number of aryl methyl sites for hydroxylation is 12. The molecule has 0 amide bonds. The summed E-state index contributed by atoms with van der Waals surface area (Å²) >= 11 is 0. The molecule has 0 aromatic carbocycles. The third-order valence-corrected chi connectivity index (χ3v) is 6.58. The van der Waals surface area contributed by atoms with Gasteiger partial charge in [0, 0.05) is 85.9 Å². The number of nitrogens with zero attached hydrogens (tertiary/aromatic N) is 2. The standard InChI is InChI=1S/6C6H9N/c1-5-3-7-4-6(5)2;1-5-3-6(2)7-4-5;1-6-3-4-7(2)5-6;1-6-4-3-5-7(6)2;1-5-3-4-7-6(5)2;1-5-3-4-6(2)7-5/h2*3-4,7H,1-2H3;2*3-5H,1-2H3;2*3-4,7H,1-2H3. The summed E-state index contributed by atoms with van der Waals surface area (Å²) in [5, 5.41) is 0. The van der Waals surface area contributed by atoms with Gasteiger partial charge in [-0.1, -0.05) is 0 Å². The van der Waals surface area contributed by atoms with E-state index in [4.69, 9.17) is 0 Å². The van der Waals surface area contributed by atoms with Gasteiger partial charge in [-0.2, -0.15) is 0 Å². The first-order valence-electron chi connectivity index (χ1n) is 14.4. The Morgan fingerprint density at radius 1 is 0.571 bits per heavy atom. The Kier molecular flexibility index (Phi) is 16.1. The second kappa shape index (κ2) is 18.9. The Balaban J connectivity index is 0.000000252. The molecule has 0 bridgehead atoms. The Labute approximate surface area is 254 Å². The van der Waals surface area contributed by atoms with Crippen molar-refractivity contribution in [2.45, 2.75) is 69.2 Å². The maximum absolute atomic E-state index is 3.14. The van der Waals surface area contributed by atoms with Crippen molar-refractivity contribution >= 4 is 0 Å². The van der Waals surface area contributed by atoms with Gasteiger partial charge in [-0.05, 0) is 140 Å². The van der Waals surface area contributed by atoms with Crippen LogP contribution in [0.3, 0.4) is 0 Å². The van der Waals surface area contributed by atoms with Crippen LogP contribution in [0.2, 0.25) is 0 Å². The Morgan fingerprint density at radius 2 is 1.19 bits per heavy atom. The van der Waals surface area contributed by atoms with Gasteiger partial charge in [-0.15, -0.1) is 0 Å². The minimum atomic E-state index is 1.23. The van der Waals surface area contributed by atoms with E-state index in [-0.39, 0.29) is 0 Å². The molecule has 0 atom stereocenters. The van der Waals surface area contributed by atoms with E-state index < -0.39 is 0 Å². The number of aromatic nitrogens is 6. The Bertz CT molecular complexity index is 1230. The quantitative estimate of drug-likeness (QED) is 0.141. The van der Waals surface area contributed by atoms with Crippen LogP contribution < -0.4 is 0 Å². The fourth-order valence-corrected chi connectivity index (χ4v) is 3.54. The van der Waals surface area contributed by atoms with Gasteiger partial charge in [0.2, 0.25) is 0 Å². The molecule has 6 heteroatoms. The molecule has 228 valence electrons. The van der Waals surface area contributed by atoms with Crippen molar-refractivity contribution in [3.8, 4) is 0 Å². The van der Waals surface area contributed by atoms with E-state index in [0.717, 1.165) is 0 Å². The number of hydrogen-bond acceptors (Lipinski definition) is 0. The first kappa shape index (κ1) is 35.7. The minimum Gasteiger partial charge on any atom is -0.367 e. The van der Waals surface area contributed by atoms with Gasteiger partial charge in [-0.3, -0.25) is 0 Å². The molecule has 0 saturated carbocycles. The maximum atomic E-state index is 3.14. The smallest absolute Gasteiger partial charge is 0.0145 e. The van der Waals surface area contributed by atoms with Crippen molar-refractivity contribution in [3.63, 3.8) is 0 Å². The summed E-state index contributed by atoms with van der Waals surface area (Å²) < 4.78 is 4.12. The molecule has 0 unspecified atom stereocenters. The second-order valence-electron chi connectivity index (χ2n) is 10.9. The van der Waals surface area contributed by atoms with Crippen molar-refractivity contribution in [1.29, 1.82) is 0 Å². The highest BCUT2D eigenvalue weighted by Gasteiger charge is 1.87. The van der Waals surface area contributed by atoms with Crippen LogP contribution in [-0.2, 0) is 14.1 Å². The normalized spacial score (nSPS) is 9.43. The molecule has 6 rings (SSSR count). The van der Waals surface area contributed by atoms with Crippen LogP contribution in [-0.4, -0.2) is 29.1 Å². The van der Waals surface area contributed by atoms with Crippen molar-refractivity contribution in [3.05, 3.63) is 142 Å². The number of rotatable bonds is 0. The van der Waals surface area contributed by atoms with E-state index >= 15 is 0 Å². The molecule has 6 nitrogen and oxygen atoms in total. The molecule has 42 heavy (non-hydrogen) atoms. The Hall–Kier alpha value is -4.32. The molecular formula is C36H54N6. The van der Waals surface area contributed by atoms with Crippen LogP contribution in [0.5, 0.6) is 0 Å². The zero-order chi connectivity index (χ0) is 31.7. The van der Waals surface area contributed by atoms with Crippen LogP contribution in [0.15, 0.2) is 85.8 Å². The van der Waals surface area contributed by atoms with Gasteiger partial charge >= 0.3 is 0 Å². The van der Waals surface area contributed by atoms with E-state index in [0.29, 0.717) is 0 Å². The average Bonchev–Trinajstić information content (AvgIpc) is 3.79. The zero-order valence-corrected chi connectivity index (χ0v) is 28.0. The van der Waals surface area contributed by atoms with Gasteiger partial charge in [0.15, 0.2) is 0 Å². The monoisotopic (exact) mass is 570 g/mol. The molecule has 0 spiro atoms. The molecule has 0 aliphatic heterocycles. The van der Waals surface area contributed by atoms with Crippen molar-refractivity contribution in [2.75, 3.05) is 0 Å². The SMILES string of the molecule is Cc1c[nH]c(C)c1.Cc1c[nH]cc1C.Cc1cc[nH]c1C.Cc1ccc(C)[nH]1.Cc1cccn1C.Cc1ccn(C)c1. The highest BCUT2D eigenvalue weighted by molar-refractivity contribution is 5.18. The fourth-order valence-electron chi connectivity index (χ4n) is 3.54. The van der Waals surface area contributed by atoms with Gasteiger partial charge in [0.25, 0.3) is 0 Å². The van der Waals surface area contributed by atoms with E-state index in [1.54, 1.807) is 0 Å². The van der Waals surface area contributed by atoms with Crippen molar-refractivity contribution < 1.29 is 0 Å². The van der Waals surface area contributed by atoms with E-state index in [1.807, 2.05) is 82.7 Å². The zero-order valence-electron chi connectivity index (χ0n) is 28.0. The topological polar surface area (TPSA) is 73.0 Å². The average molecular weight is 571 g/mol. The lowest BCUT2D eigenvalue weighted by atomic mass is 10.2. The number of aromatic amines is 4. The summed E-state index contributed by atoms with van der Waals surface area (Å²) in [6.45, 7) is 20.7. The first-order valence-corrected chi connectivity index (χ1v) is 14.4. The molecule has 4 N–H and O–H groups in total. The maximum Gasteiger partial charge on any atom is 0.0145 e. The number of hydrogen-bond donors (Lipinski definition) is 4. The van der Waals surface area contributed by atoms with Crippen LogP contribution in [0.25, 0.3) is 0 Å². The van der Waals surface area contributed by atoms with Crippen LogP contribution in [0.4, 0.5) is 0 Å². The number of H-pyrrole nitrogens is 4. The first-order chi connectivity index (χ1) is 19.8. The molecule has 6 heterocycles. The molecule has 0 radical (unpaired) electrons. The third-order valence-electron chi connectivity index (χ3n) is 6.58. The van der Waals surface area contributed by atoms with Crippen LogP contribution >= 0.6 is 0 Å².